The van der Waals surface area contributed by atoms with E-state index < -0.39 is 39.1 Å². The summed E-state index contributed by atoms with van der Waals surface area (Å²) in [7, 11) is -4.99. The second kappa shape index (κ2) is 7.58. The van der Waals surface area contributed by atoms with E-state index in [2.05, 4.69) is 0 Å². The third-order valence-electron chi connectivity index (χ3n) is 3.58. The molecule has 0 bridgehead atoms. The van der Waals surface area contributed by atoms with Crippen LogP contribution in [0.15, 0.2) is 0 Å². The molecule has 4 atom stereocenters. The number of carbonyl (C=O) groups is 2. The molecule has 0 amide bonds. The molecule has 0 spiro atoms. The zero-order chi connectivity index (χ0) is 16.1. The highest BCUT2D eigenvalue weighted by Crippen LogP contribution is 2.33. The first kappa shape index (κ1) is 18.9. The van der Waals surface area contributed by atoms with Gasteiger partial charge in [-0.1, -0.05) is 40.0 Å². The summed E-state index contributed by atoms with van der Waals surface area (Å²) in [4.78, 5) is 22.5. The lowest BCUT2D eigenvalue weighted by molar-refractivity contribution is -0.150. The maximum atomic E-state index is 11.4. The minimum absolute atomic E-state index is 0.158. The molecule has 8 heteroatoms. The molecule has 0 radical (unpaired) electrons. The fraction of sp³-hybridized carbons (Fsp3) is 0.833. The van der Waals surface area contributed by atoms with Crippen molar-refractivity contribution in [1.82, 2.24) is 0 Å². The second-order valence-corrected chi connectivity index (χ2v) is 6.51. The van der Waals surface area contributed by atoms with Crippen molar-refractivity contribution >= 4 is 22.1 Å². The van der Waals surface area contributed by atoms with E-state index in [0.717, 1.165) is 6.42 Å². The van der Waals surface area contributed by atoms with Crippen molar-refractivity contribution in [2.75, 3.05) is 0 Å². The van der Waals surface area contributed by atoms with Crippen LogP contribution in [0.4, 0.5) is 0 Å². The lowest BCUT2D eigenvalue weighted by Gasteiger charge is -2.30. The highest BCUT2D eigenvalue weighted by atomic mass is 32.2. The molecular weight excluding hydrogens is 288 g/mol. The number of rotatable bonds is 9. The van der Waals surface area contributed by atoms with Crippen LogP contribution in [0.1, 0.15) is 40.0 Å². The Bertz CT molecular complexity index is 443. The molecule has 118 valence electrons. The molecule has 0 heterocycles. The number of aliphatic carboxylic acids is 2. The lowest BCUT2D eigenvalue weighted by Crippen LogP contribution is -2.46. The number of hydrogen-bond acceptors (Lipinski definition) is 4. The molecule has 0 fully saturated rings. The van der Waals surface area contributed by atoms with Crippen LogP contribution in [0.5, 0.6) is 0 Å². The molecule has 0 rings (SSSR count). The van der Waals surface area contributed by atoms with Gasteiger partial charge in [0.2, 0.25) is 0 Å². The SMILES string of the molecule is CCCC(C)C(CC)C(C(=O)O)C(C(=O)O)S(=O)(=O)O. The molecule has 0 saturated carbocycles. The topological polar surface area (TPSA) is 129 Å². The predicted octanol–water partition coefficient (Wildman–Crippen LogP) is 1.49. The van der Waals surface area contributed by atoms with Gasteiger partial charge in [0.1, 0.15) is 0 Å². The maximum Gasteiger partial charge on any atom is 0.325 e. The first-order valence-corrected chi connectivity index (χ1v) is 8.00. The number of carboxylic acid groups (broad SMARTS) is 2. The van der Waals surface area contributed by atoms with Gasteiger partial charge in [0.05, 0.1) is 5.92 Å². The third kappa shape index (κ3) is 4.75. The van der Waals surface area contributed by atoms with Crippen LogP contribution in [0.25, 0.3) is 0 Å². The Morgan fingerprint density at radius 3 is 1.85 bits per heavy atom. The number of hydrogen-bond donors (Lipinski definition) is 3. The summed E-state index contributed by atoms with van der Waals surface area (Å²) in [6.07, 6.45) is 1.74. The Labute approximate surface area is 118 Å². The summed E-state index contributed by atoms with van der Waals surface area (Å²) >= 11 is 0. The van der Waals surface area contributed by atoms with Crippen LogP contribution in [0.2, 0.25) is 0 Å². The normalized spacial score (nSPS) is 18.0. The van der Waals surface area contributed by atoms with Gasteiger partial charge < -0.3 is 10.2 Å². The molecule has 0 saturated heterocycles. The molecule has 4 unspecified atom stereocenters. The quantitative estimate of drug-likeness (QED) is 0.550. The van der Waals surface area contributed by atoms with E-state index in [1.165, 1.54) is 0 Å². The molecule has 0 aromatic carbocycles. The molecule has 0 aliphatic carbocycles. The summed E-state index contributed by atoms with van der Waals surface area (Å²) < 4.78 is 31.5. The molecule has 3 N–H and O–H groups in total. The van der Waals surface area contributed by atoms with Crippen molar-refractivity contribution in [3.05, 3.63) is 0 Å². The predicted molar refractivity (Wildman–Crippen MR) is 72.0 cm³/mol. The molecular formula is C12H22O7S. The van der Waals surface area contributed by atoms with E-state index in [-0.39, 0.29) is 5.92 Å². The van der Waals surface area contributed by atoms with E-state index in [1.807, 2.05) is 6.92 Å². The minimum atomic E-state index is -4.99. The standard InChI is InChI=1S/C12H22O7S/c1-4-6-7(3)8(5-2)9(11(13)14)10(12(15)16)20(17,18)19/h7-10H,4-6H2,1-3H3,(H,13,14)(H,15,16)(H,17,18,19). The van der Waals surface area contributed by atoms with Gasteiger partial charge in [-0.15, -0.1) is 0 Å². The average molecular weight is 310 g/mol. The van der Waals surface area contributed by atoms with Gasteiger partial charge in [-0.2, -0.15) is 8.42 Å². The largest absolute Gasteiger partial charge is 0.481 e. The Kier molecular flexibility index (Phi) is 7.15. The van der Waals surface area contributed by atoms with Crippen molar-refractivity contribution in [2.45, 2.75) is 45.3 Å². The van der Waals surface area contributed by atoms with Gasteiger partial charge in [-0.05, 0) is 11.8 Å². The highest BCUT2D eigenvalue weighted by molar-refractivity contribution is 7.87. The van der Waals surface area contributed by atoms with Crippen molar-refractivity contribution < 1.29 is 32.8 Å². The zero-order valence-electron chi connectivity index (χ0n) is 11.8. The minimum Gasteiger partial charge on any atom is -0.481 e. The van der Waals surface area contributed by atoms with Gasteiger partial charge in [0, 0.05) is 0 Å². The van der Waals surface area contributed by atoms with Crippen LogP contribution >= 0.6 is 0 Å². The van der Waals surface area contributed by atoms with E-state index in [1.54, 1.807) is 13.8 Å². The van der Waals surface area contributed by atoms with Crippen LogP contribution in [0.3, 0.4) is 0 Å². The van der Waals surface area contributed by atoms with Gasteiger partial charge in [0.25, 0.3) is 10.1 Å². The highest BCUT2D eigenvalue weighted by Gasteiger charge is 2.47. The second-order valence-electron chi connectivity index (χ2n) is 4.98. The van der Waals surface area contributed by atoms with E-state index >= 15 is 0 Å². The Balaban J connectivity index is 5.71. The van der Waals surface area contributed by atoms with Crippen molar-refractivity contribution in [3.8, 4) is 0 Å². The summed E-state index contributed by atoms with van der Waals surface area (Å²) in [5.74, 6) is -5.84. The Hall–Kier alpha value is -1.15. The molecule has 0 aromatic rings. The fourth-order valence-electron chi connectivity index (χ4n) is 2.68. The lowest BCUT2D eigenvalue weighted by atomic mass is 9.77. The third-order valence-corrected chi connectivity index (χ3v) is 4.72. The van der Waals surface area contributed by atoms with Crippen LogP contribution in [0, 0.1) is 17.8 Å². The molecule has 0 aliphatic rings. The summed E-state index contributed by atoms with van der Waals surface area (Å²) in [6, 6.07) is 0. The smallest absolute Gasteiger partial charge is 0.325 e. The molecule has 0 aliphatic heterocycles. The van der Waals surface area contributed by atoms with Gasteiger partial charge in [0.15, 0.2) is 5.25 Å². The van der Waals surface area contributed by atoms with Crippen LogP contribution < -0.4 is 0 Å². The Morgan fingerprint density at radius 1 is 1.10 bits per heavy atom. The van der Waals surface area contributed by atoms with E-state index in [9.17, 15) is 23.1 Å². The molecule has 0 aromatic heterocycles. The molecule has 7 nitrogen and oxygen atoms in total. The number of carboxylic acids is 2. The van der Waals surface area contributed by atoms with Gasteiger partial charge in [-0.25, -0.2) is 0 Å². The van der Waals surface area contributed by atoms with Gasteiger partial charge in [-0.3, -0.25) is 14.1 Å². The first-order valence-electron chi connectivity index (χ1n) is 6.49. The zero-order valence-corrected chi connectivity index (χ0v) is 12.6. The van der Waals surface area contributed by atoms with E-state index in [0.29, 0.717) is 12.8 Å². The monoisotopic (exact) mass is 310 g/mol. The van der Waals surface area contributed by atoms with Crippen LogP contribution in [-0.2, 0) is 19.7 Å². The first-order chi connectivity index (χ1) is 9.07. The molecule has 20 heavy (non-hydrogen) atoms. The summed E-state index contributed by atoms with van der Waals surface area (Å²) in [5.41, 5.74) is 0. The van der Waals surface area contributed by atoms with Crippen LogP contribution in [-0.4, -0.2) is 40.4 Å². The maximum absolute atomic E-state index is 11.4. The Morgan fingerprint density at radius 2 is 1.60 bits per heavy atom. The van der Waals surface area contributed by atoms with Crippen molar-refractivity contribution in [2.24, 2.45) is 17.8 Å². The van der Waals surface area contributed by atoms with Gasteiger partial charge >= 0.3 is 11.9 Å². The van der Waals surface area contributed by atoms with Crippen molar-refractivity contribution in [1.29, 1.82) is 0 Å². The van der Waals surface area contributed by atoms with E-state index in [4.69, 9.17) is 9.66 Å². The van der Waals surface area contributed by atoms with Crippen molar-refractivity contribution in [3.63, 3.8) is 0 Å². The fourth-order valence-corrected chi connectivity index (χ4v) is 3.63. The average Bonchev–Trinajstić information content (AvgIpc) is 2.26. The summed E-state index contributed by atoms with van der Waals surface area (Å²) in [6.45, 7) is 5.34. The summed E-state index contributed by atoms with van der Waals surface area (Å²) in [5, 5.41) is 15.9.